The van der Waals surface area contributed by atoms with Gasteiger partial charge in [-0.2, -0.15) is 5.10 Å². The molecule has 0 spiro atoms. The minimum absolute atomic E-state index is 0. The quantitative estimate of drug-likeness (QED) is 0.290. The summed E-state index contributed by atoms with van der Waals surface area (Å²) in [5, 5.41) is 10.3. The van der Waals surface area contributed by atoms with Crippen LogP contribution in [0, 0.1) is 0 Å². The van der Waals surface area contributed by atoms with Gasteiger partial charge in [-0.25, -0.2) is 9.98 Å². The second kappa shape index (κ2) is 11.8. The molecule has 8 heteroatoms. The Morgan fingerprint density at radius 1 is 1.03 bits per heavy atom. The van der Waals surface area contributed by atoms with Crippen molar-refractivity contribution < 1.29 is 0 Å². The van der Waals surface area contributed by atoms with Crippen LogP contribution in [0.3, 0.4) is 0 Å². The summed E-state index contributed by atoms with van der Waals surface area (Å²) < 4.78 is 0. The fourth-order valence-electron chi connectivity index (χ4n) is 3.71. The Hall–Kier alpha value is -2.46. The Bertz CT molecular complexity index is 936. The maximum Gasteiger partial charge on any atom is 0.194 e. The number of aromatic amines is 1. The van der Waals surface area contributed by atoms with Crippen LogP contribution in [-0.4, -0.2) is 63.7 Å². The topological polar surface area (TPSA) is 72.4 Å². The summed E-state index contributed by atoms with van der Waals surface area (Å²) in [6.07, 6.45) is 1.53. The van der Waals surface area contributed by atoms with Crippen molar-refractivity contribution in [1.82, 2.24) is 30.3 Å². The Morgan fingerprint density at radius 2 is 1.81 bits per heavy atom. The minimum atomic E-state index is 0. The van der Waals surface area contributed by atoms with Crippen LogP contribution in [0.1, 0.15) is 18.1 Å². The van der Waals surface area contributed by atoms with Gasteiger partial charge in [-0.05, 0) is 24.1 Å². The first-order valence-electron chi connectivity index (χ1n) is 10.6. The fourth-order valence-corrected chi connectivity index (χ4v) is 3.71. The normalized spacial score (nSPS) is 14.9. The highest BCUT2D eigenvalue weighted by Crippen LogP contribution is 2.16. The molecular formula is C23H30IN7. The molecule has 2 N–H and O–H groups in total. The maximum atomic E-state index is 4.91. The highest BCUT2D eigenvalue weighted by Gasteiger charge is 2.19. The summed E-state index contributed by atoms with van der Waals surface area (Å²) in [6, 6.07) is 19.0. The van der Waals surface area contributed by atoms with Gasteiger partial charge in [-0.1, -0.05) is 48.5 Å². The summed E-state index contributed by atoms with van der Waals surface area (Å²) >= 11 is 0. The predicted molar refractivity (Wildman–Crippen MR) is 135 cm³/mol. The van der Waals surface area contributed by atoms with E-state index in [4.69, 9.17) is 4.99 Å². The number of hydrogen-bond donors (Lipinski definition) is 2. The van der Waals surface area contributed by atoms with Gasteiger partial charge in [0.1, 0.15) is 6.33 Å². The Labute approximate surface area is 201 Å². The third-order valence-corrected chi connectivity index (χ3v) is 5.28. The van der Waals surface area contributed by atoms with Gasteiger partial charge in [-0.3, -0.25) is 10.00 Å². The number of H-pyrrole nitrogens is 1. The van der Waals surface area contributed by atoms with Crippen molar-refractivity contribution in [3.63, 3.8) is 0 Å². The number of aliphatic imine (C=N–C) groups is 1. The molecule has 4 rings (SSSR count). The fraction of sp³-hybridized carbons (Fsp3) is 0.348. The van der Waals surface area contributed by atoms with Crippen molar-refractivity contribution in [2.45, 2.75) is 20.0 Å². The number of rotatable bonds is 6. The van der Waals surface area contributed by atoms with Crippen molar-refractivity contribution in [3.8, 4) is 11.4 Å². The number of guanidine groups is 1. The lowest BCUT2D eigenvalue weighted by Crippen LogP contribution is -2.52. The van der Waals surface area contributed by atoms with E-state index in [-0.39, 0.29) is 24.0 Å². The average molecular weight is 531 g/mol. The first kappa shape index (κ1) is 23.2. The Kier molecular flexibility index (Phi) is 8.84. The first-order chi connectivity index (χ1) is 14.8. The number of benzene rings is 2. The molecule has 0 atom stereocenters. The summed E-state index contributed by atoms with van der Waals surface area (Å²) in [5.41, 5.74) is 3.56. The largest absolute Gasteiger partial charge is 0.357 e. The number of nitrogens with zero attached hydrogens (tertiary/aromatic N) is 5. The lowest BCUT2D eigenvalue weighted by molar-refractivity contribution is 0.172. The molecule has 164 valence electrons. The van der Waals surface area contributed by atoms with Gasteiger partial charge >= 0.3 is 0 Å². The van der Waals surface area contributed by atoms with Gasteiger partial charge in [-0.15, -0.1) is 24.0 Å². The number of halogens is 1. The van der Waals surface area contributed by atoms with Gasteiger partial charge in [0, 0.05) is 44.8 Å². The van der Waals surface area contributed by atoms with E-state index < -0.39 is 0 Å². The van der Waals surface area contributed by atoms with E-state index >= 15 is 0 Å². The van der Waals surface area contributed by atoms with Crippen LogP contribution in [0.15, 0.2) is 65.9 Å². The number of nitrogens with one attached hydrogen (secondary N) is 2. The van der Waals surface area contributed by atoms with Crippen molar-refractivity contribution in [2.75, 3.05) is 32.7 Å². The molecule has 1 aliphatic rings. The van der Waals surface area contributed by atoms with Crippen LogP contribution < -0.4 is 5.32 Å². The maximum absolute atomic E-state index is 4.91. The molecule has 2 heterocycles. The smallest absolute Gasteiger partial charge is 0.194 e. The second-order valence-corrected chi connectivity index (χ2v) is 7.45. The molecule has 1 fully saturated rings. The summed E-state index contributed by atoms with van der Waals surface area (Å²) in [6.45, 7) is 8.67. The van der Waals surface area contributed by atoms with E-state index in [0.29, 0.717) is 6.54 Å². The molecule has 0 aliphatic carbocycles. The highest BCUT2D eigenvalue weighted by atomic mass is 127. The van der Waals surface area contributed by atoms with E-state index in [0.717, 1.165) is 62.2 Å². The van der Waals surface area contributed by atoms with Crippen LogP contribution in [0.25, 0.3) is 11.4 Å². The van der Waals surface area contributed by atoms with E-state index in [1.165, 1.54) is 11.9 Å². The standard InChI is InChI=1S/C23H29N7.HI/c1-2-24-23(25-16-20-9-6-10-21(15-20)22-26-18-27-28-22)30-13-11-29(12-14-30)17-19-7-4-3-5-8-19;/h3-10,15,18H,2,11-14,16-17H2,1H3,(H,24,25)(H,26,27,28);1H. The predicted octanol–water partition coefficient (Wildman–Crippen LogP) is 3.37. The zero-order valence-corrected chi connectivity index (χ0v) is 20.2. The van der Waals surface area contributed by atoms with Crippen molar-refractivity contribution in [3.05, 3.63) is 72.1 Å². The molecular weight excluding hydrogens is 501 g/mol. The Balaban J connectivity index is 0.00000272. The number of aromatic nitrogens is 3. The van der Waals surface area contributed by atoms with E-state index in [1.54, 1.807) is 0 Å². The second-order valence-electron chi connectivity index (χ2n) is 7.45. The van der Waals surface area contributed by atoms with Gasteiger partial charge in [0.25, 0.3) is 0 Å². The van der Waals surface area contributed by atoms with Gasteiger partial charge in [0.2, 0.25) is 0 Å². The molecule has 0 radical (unpaired) electrons. The molecule has 1 aromatic heterocycles. The molecule has 7 nitrogen and oxygen atoms in total. The molecule has 0 amide bonds. The van der Waals surface area contributed by atoms with E-state index in [1.807, 2.05) is 12.1 Å². The van der Waals surface area contributed by atoms with Crippen LogP contribution in [-0.2, 0) is 13.1 Å². The van der Waals surface area contributed by atoms with Crippen LogP contribution in [0.2, 0.25) is 0 Å². The summed E-state index contributed by atoms with van der Waals surface area (Å²) in [7, 11) is 0. The zero-order valence-electron chi connectivity index (χ0n) is 17.9. The van der Waals surface area contributed by atoms with Crippen molar-refractivity contribution >= 4 is 29.9 Å². The lowest BCUT2D eigenvalue weighted by atomic mass is 10.1. The third-order valence-electron chi connectivity index (χ3n) is 5.28. The van der Waals surface area contributed by atoms with Crippen LogP contribution >= 0.6 is 24.0 Å². The molecule has 1 aliphatic heterocycles. The molecule has 0 saturated carbocycles. The minimum Gasteiger partial charge on any atom is -0.357 e. The van der Waals surface area contributed by atoms with Gasteiger partial charge in [0.15, 0.2) is 11.8 Å². The van der Waals surface area contributed by atoms with Gasteiger partial charge < -0.3 is 10.2 Å². The van der Waals surface area contributed by atoms with Crippen molar-refractivity contribution in [2.24, 2.45) is 4.99 Å². The summed E-state index contributed by atoms with van der Waals surface area (Å²) in [5.74, 6) is 1.77. The number of piperazine rings is 1. The molecule has 2 aromatic carbocycles. The summed E-state index contributed by atoms with van der Waals surface area (Å²) in [4.78, 5) is 14.0. The van der Waals surface area contributed by atoms with Crippen LogP contribution in [0.5, 0.6) is 0 Å². The van der Waals surface area contributed by atoms with E-state index in [2.05, 4.69) is 79.7 Å². The highest BCUT2D eigenvalue weighted by molar-refractivity contribution is 14.0. The first-order valence-corrected chi connectivity index (χ1v) is 10.6. The SMILES string of the molecule is CCNC(=NCc1cccc(-c2ncn[nH]2)c1)N1CCN(Cc2ccccc2)CC1.I. The molecule has 1 saturated heterocycles. The van der Waals surface area contributed by atoms with Gasteiger partial charge in [0.05, 0.1) is 6.54 Å². The molecule has 0 bridgehead atoms. The zero-order chi connectivity index (χ0) is 20.6. The van der Waals surface area contributed by atoms with Crippen LogP contribution in [0.4, 0.5) is 0 Å². The monoisotopic (exact) mass is 531 g/mol. The lowest BCUT2D eigenvalue weighted by Gasteiger charge is -2.36. The van der Waals surface area contributed by atoms with E-state index in [9.17, 15) is 0 Å². The molecule has 31 heavy (non-hydrogen) atoms. The molecule has 0 unspecified atom stereocenters. The number of hydrogen-bond acceptors (Lipinski definition) is 4. The molecule has 3 aromatic rings. The Morgan fingerprint density at radius 3 is 2.52 bits per heavy atom. The van der Waals surface area contributed by atoms with Crippen molar-refractivity contribution in [1.29, 1.82) is 0 Å². The average Bonchev–Trinajstić information content (AvgIpc) is 3.33. The third kappa shape index (κ3) is 6.51.